The van der Waals surface area contributed by atoms with Gasteiger partial charge in [0.2, 0.25) is 5.88 Å². The maximum Gasteiger partial charge on any atom is 0.219 e. The van der Waals surface area contributed by atoms with Crippen molar-refractivity contribution >= 4 is 29.9 Å². The summed E-state index contributed by atoms with van der Waals surface area (Å²) in [6.45, 7) is 6.16. The Labute approximate surface area is 207 Å². The van der Waals surface area contributed by atoms with Crippen molar-refractivity contribution in [3.05, 3.63) is 48.2 Å². The lowest BCUT2D eigenvalue weighted by atomic mass is 10.3. The molecule has 0 bridgehead atoms. The van der Waals surface area contributed by atoms with Crippen LogP contribution < -0.4 is 20.1 Å². The first kappa shape index (κ1) is 26.1. The van der Waals surface area contributed by atoms with E-state index in [0.29, 0.717) is 37.1 Å². The van der Waals surface area contributed by atoms with Crippen molar-refractivity contribution in [1.82, 2.24) is 15.6 Å². The van der Waals surface area contributed by atoms with Gasteiger partial charge in [-0.15, -0.1) is 24.0 Å². The van der Waals surface area contributed by atoms with Crippen LogP contribution in [-0.4, -0.2) is 57.1 Å². The molecule has 0 aliphatic carbocycles. The Hall–Kier alpha value is -2.11. The third-order valence-corrected chi connectivity index (χ3v) is 4.70. The number of halogens is 1. The highest BCUT2D eigenvalue weighted by Crippen LogP contribution is 2.30. The number of hydrogen-bond donors (Lipinski definition) is 2. The van der Waals surface area contributed by atoms with Crippen molar-refractivity contribution in [2.75, 3.05) is 40.0 Å². The van der Waals surface area contributed by atoms with Gasteiger partial charge in [-0.2, -0.15) is 0 Å². The normalized spacial score (nSPS) is 15.7. The number of pyridine rings is 1. The summed E-state index contributed by atoms with van der Waals surface area (Å²) in [4.78, 5) is 8.65. The molecule has 0 amide bonds. The van der Waals surface area contributed by atoms with Crippen LogP contribution in [0.4, 0.5) is 0 Å². The number of nitrogens with one attached hydrogen (secondary N) is 2. The summed E-state index contributed by atoms with van der Waals surface area (Å²) in [5.41, 5.74) is 1.03. The molecule has 0 radical (unpaired) electrons. The quantitative estimate of drug-likeness (QED) is 0.189. The van der Waals surface area contributed by atoms with Crippen LogP contribution >= 0.6 is 24.0 Å². The molecule has 1 unspecified atom stereocenters. The van der Waals surface area contributed by atoms with Crippen LogP contribution in [0.15, 0.2) is 47.6 Å². The second-order valence-corrected chi connectivity index (χ2v) is 7.05. The third-order valence-electron chi connectivity index (χ3n) is 4.70. The van der Waals surface area contributed by atoms with Crippen molar-refractivity contribution in [3.63, 3.8) is 0 Å². The van der Waals surface area contributed by atoms with Crippen LogP contribution in [0.25, 0.3) is 0 Å². The lowest BCUT2D eigenvalue weighted by molar-refractivity contribution is 0.0420. The Morgan fingerprint density at radius 2 is 2.03 bits per heavy atom. The molecule has 0 saturated carbocycles. The predicted molar refractivity (Wildman–Crippen MR) is 135 cm³/mol. The van der Waals surface area contributed by atoms with E-state index in [9.17, 15) is 0 Å². The first-order valence-electron chi connectivity index (χ1n) is 10.8. The smallest absolute Gasteiger partial charge is 0.219 e. The highest BCUT2D eigenvalue weighted by atomic mass is 127. The van der Waals surface area contributed by atoms with Crippen molar-refractivity contribution in [3.8, 4) is 17.4 Å². The number of para-hydroxylation sites is 2. The summed E-state index contributed by atoms with van der Waals surface area (Å²) in [5.74, 6) is 2.62. The Morgan fingerprint density at radius 3 is 2.72 bits per heavy atom. The number of guanidine groups is 1. The van der Waals surface area contributed by atoms with Crippen molar-refractivity contribution in [2.45, 2.75) is 32.4 Å². The Kier molecular flexibility index (Phi) is 12.1. The van der Waals surface area contributed by atoms with E-state index in [-0.39, 0.29) is 30.1 Å². The molecule has 3 rings (SSSR count). The van der Waals surface area contributed by atoms with E-state index in [1.807, 2.05) is 43.3 Å². The van der Waals surface area contributed by atoms with E-state index >= 15 is 0 Å². The number of ether oxygens (including phenoxy) is 4. The summed E-state index contributed by atoms with van der Waals surface area (Å²) >= 11 is 0. The summed E-state index contributed by atoms with van der Waals surface area (Å²) < 4.78 is 22.5. The lowest BCUT2D eigenvalue weighted by Crippen LogP contribution is -2.37. The molecule has 2 aromatic rings. The van der Waals surface area contributed by atoms with Gasteiger partial charge in [-0.25, -0.2) is 4.98 Å². The minimum Gasteiger partial charge on any atom is -0.490 e. The summed E-state index contributed by atoms with van der Waals surface area (Å²) in [6.07, 6.45) is 3.95. The van der Waals surface area contributed by atoms with Crippen LogP contribution in [0.1, 0.15) is 25.3 Å². The number of rotatable bonds is 11. The average Bonchev–Trinajstić information content (AvgIpc) is 3.32. The zero-order valence-electron chi connectivity index (χ0n) is 18.7. The van der Waals surface area contributed by atoms with Crippen LogP contribution in [0, 0.1) is 0 Å². The second kappa shape index (κ2) is 14.9. The highest BCUT2D eigenvalue weighted by Gasteiger charge is 2.15. The number of nitrogens with zero attached hydrogens (tertiary/aromatic N) is 2. The summed E-state index contributed by atoms with van der Waals surface area (Å²) in [6, 6.07) is 11.4. The molecule has 1 aromatic carbocycles. The summed E-state index contributed by atoms with van der Waals surface area (Å²) in [5, 5.41) is 6.59. The molecule has 1 aliphatic rings. The third kappa shape index (κ3) is 8.79. The van der Waals surface area contributed by atoms with E-state index in [0.717, 1.165) is 44.1 Å². The molecule has 1 atom stereocenters. The highest BCUT2D eigenvalue weighted by molar-refractivity contribution is 14.0. The van der Waals surface area contributed by atoms with E-state index in [4.69, 9.17) is 18.9 Å². The Bertz CT molecular complexity index is 814. The monoisotopic (exact) mass is 556 g/mol. The zero-order valence-corrected chi connectivity index (χ0v) is 21.0. The van der Waals surface area contributed by atoms with Gasteiger partial charge >= 0.3 is 0 Å². The molecular formula is C23H33IN4O4. The van der Waals surface area contributed by atoms with Crippen molar-refractivity contribution < 1.29 is 18.9 Å². The van der Waals surface area contributed by atoms with Gasteiger partial charge in [0.15, 0.2) is 17.5 Å². The Balaban J connectivity index is 0.00000363. The van der Waals surface area contributed by atoms with E-state index in [2.05, 4.69) is 20.6 Å². The van der Waals surface area contributed by atoms with Gasteiger partial charge in [0.05, 0.1) is 19.3 Å². The average molecular weight is 556 g/mol. The second-order valence-electron chi connectivity index (χ2n) is 7.05. The minimum absolute atomic E-state index is 0. The molecular weight excluding hydrogens is 523 g/mol. The van der Waals surface area contributed by atoms with Crippen LogP contribution in [-0.2, 0) is 16.0 Å². The molecule has 1 fully saturated rings. The van der Waals surface area contributed by atoms with Gasteiger partial charge in [0.25, 0.3) is 0 Å². The molecule has 2 heterocycles. The molecule has 9 heteroatoms. The number of benzene rings is 1. The zero-order chi connectivity index (χ0) is 21.7. The number of aliphatic imine (C=N–C) groups is 1. The van der Waals surface area contributed by atoms with Crippen molar-refractivity contribution in [1.29, 1.82) is 0 Å². The van der Waals surface area contributed by atoms with Gasteiger partial charge in [-0.1, -0.05) is 18.2 Å². The molecule has 1 aliphatic heterocycles. The SMILES string of the molecule is CCOc1ccccc1Oc1ccc(CNC(=NC)NCCCOC2CCOC2)cn1.I. The number of hydrogen-bond acceptors (Lipinski definition) is 6. The fraction of sp³-hybridized carbons (Fsp3) is 0.478. The van der Waals surface area contributed by atoms with Crippen LogP contribution in [0.2, 0.25) is 0 Å². The minimum atomic E-state index is 0. The maximum absolute atomic E-state index is 5.86. The van der Waals surface area contributed by atoms with Crippen LogP contribution in [0.3, 0.4) is 0 Å². The Morgan fingerprint density at radius 1 is 1.19 bits per heavy atom. The molecule has 32 heavy (non-hydrogen) atoms. The summed E-state index contributed by atoms with van der Waals surface area (Å²) in [7, 11) is 1.76. The van der Waals surface area contributed by atoms with Gasteiger partial charge < -0.3 is 29.6 Å². The van der Waals surface area contributed by atoms with Gasteiger partial charge in [-0.3, -0.25) is 4.99 Å². The molecule has 1 saturated heterocycles. The number of aromatic nitrogens is 1. The molecule has 8 nitrogen and oxygen atoms in total. The standard InChI is InChI=1S/C23H32N4O4.HI/c1-3-29-20-7-4-5-8-21(20)31-22-10-9-18(15-26-22)16-27-23(24-2)25-12-6-13-30-19-11-14-28-17-19;/h4-5,7-10,15,19H,3,6,11-14,16-17H2,1-2H3,(H2,24,25,27);1H. The molecule has 1 aromatic heterocycles. The fourth-order valence-corrected chi connectivity index (χ4v) is 3.08. The fourth-order valence-electron chi connectivity index (χ4n) is 3.08. The van der Waals surface area contributed by atoms with Crippen LogP contribution in [0.5, 0.6) is 17.4 Å². The topological polar surface area (TPSA) is 86.2 Å². The first-order valence-corrected chi connectivity index (χ1v) is 10.8. The van der Waals surface area contributed by atoms with Gasteiger partial charge in [0, 0.05) is 45.6 Å². The largest absolute Gasteiger partial charge is 0.490 e. The predicted octanol–water partition coefficient (Wildman–Crippen LogP) is 3.75. The maximum atomic E-state index is 5.86. The van der Waals surface area contributed by atoms with E-state index < -0.39 is 0 Å². The lowest BCUT2D eigenvalue weighted by Gasteiger charge is -2.13. The first-order chi connectivity index (χ1) is 15.3. The van der Waals surface area contributed by atoms with Gasteiger partial charge in [-0.05, 0) is 37.5 Å². The molecule has 0 spiro atoms. The molecule has 176 valence electrons. The van der Waals surface area contributed by atoms with E-state index in [1.165, 1.54) is 0 Å². The molecule has 2 N–H and O–H groups in total. The van der Waals surface area contributed by atoms with Crippen molar-refractivity contribution in [2.24, 2.45) is 4.99 Å². The van der Waals surface area contributed by atoms with Gasteiger partial charge in [0.1, 0.15) is 0 Å². The van der Waals surface area contributed by atoms with E-state index in [1.54, 1.807) is 13.2 Å².